The van der Waals surface area contributed by atoms with E-state index in [2.05, 4.69) is 13.5 Å². The molecule has 0 aromatic heterocycles. The number of hydrogen-bond donors (Lipinski definition) is 0. The number of unbranched alkanes of at least 4 members (excludes halogenated alkanes) is 8. The molecule has 1 nitrogen and oxygen atoms in total. The predicted molar refractivity (Wildman–Crippen MR) is 90.5 cm³/mol. The molecular formula is C18H33ClO. The van der Waals surface area contributed by atoms with E-state index in [4.69, 9.17) is 11.6 Å². The van der Waals surface area contributed by atoms with Crippen LogP contribution in [0.15, 0.2) is 12.2 Å². The first-order chi connectivity index (χ1) is 9.63. The Morgan fingerprint density at radius 1 is 0.950 bits per heavy atom. The zero-order valence-corrected chi connectivity index (χ0v) is 14.3. The van der Waals surface area contributed by atoms with Gasteiger partial charge in [0.25, 0.3) is 0 Å². The lowest BCUT2D eigenvalue weighted by Gasteiger charge is -2.14. The molecule has 0 rings (SSSR count). The number of carbonyl (C=O) groups excluding carboxylic acids is 1. The summed E-state index contributed by atoms with van der Waals surface area (Å²) in [6, 6.07) is 0. The van der Waals surface area contributed by atoms with Gasteiger partial charge in [-0.05, 0) is 25.3 Å². The zero-order valence-electron chi connectivity index (χ0n) is 13.6. The van der Waals surface area contributed by atoms with Crippen LogP contribution in [0.4, 0.5) is 0 Å². The second kappa shape index (κ2) is 13.7. The molecule has 1 atom stereocenters. The van der Waals surface area contributed by atoms with Gasteiger partial charge in [0.15, 0.2) is 5.78 Å². The van der Waals surface area contributed by atoms with Crippen LogP contribution < -0.4 is 0 Å². The van der Waals surface area contributed by atoms with Crippen LogP contribution in [0.25, 0.3) is 0 Å². The van der Waals surface area contributed by atoms with E-state index in [-0.39, 0.29) is 11.7 Å². The SMILES string of the molecule is C=C(C)C(=O)C(CCCl)CCCCCCCCCCC. The number of allylic oxidation sites excluding steroid dienone is 1. The standard InChI is InChI=1S/C18H33ClO/c1-4-5-6-7-8-9-10-11-12-13-17(14-15-19)18(20)16(2)3/h17H,2,4-15H2,1,3H3. The van der Waals surface area contributed by atoms with E-state index in [1.165, 1.54) is 51.4 Å². The van der Waals surface area contributed by atoms with E-state index < -0.39 is 0 Å². The third-order valence-corrected chi connectivity index (χ3v) is 4.12. The zero-order chi connectivity index (χ0) is 15.2. The van der Waals surface area contributed by atoms with Gasteiger partial charge in [-0.1, -0.05) is 71.3 Å². The molecule has 0 spiro atoms. The van der Waals surface area contributed by atoms with Crippen molar-refractivity contribution in [2.45, 2.75) is 84.5 Å². The van der Waals surface area contributed by atoms with E-state index in [0.717, 1.165) is 19.3 Å². The van der Waals surface area contributed by atoms with Crippen molar-refractivity contribution in [3.8, 4) is 0 Å². The van der Waals surface area contributed by atoms with Gasteiger partial charge in [0, 0.05) is 11.8 Å². The Labute approximate surface area is 131 Å². The van der Waals surface area contributed by atoms with Gasteiger partial charge in [0.2, 0.25) is 0 Å². The molecule has 0 aromatic carbocycles. The summed E-state index contributed by atoms with van der Waals surface area (Å²) in [4.78, 5) is 11.9. The second-order valence-corrected chi connectivity index (χ2v) is 6.31. The molecule has 118 valence electrons. The highest BCUT2D eigenvalue weighted by Gasteiger charge is 2.17. The highest BCUT2D eigenvalue weighted by molar-refractivity contribution is 6.18. The van der Waals surface area contributed by atoms with Crippen molar-refractivity contribution >= 4 is 17.4 Å². The summed E-state index contributed by atoms with van der Waals surface area (Å²) in [6.07, 6.45) is 13.7. The minimum absolute atomic E-state index is 0.106. The third kappa shape index (κ3) is 10.5. The van der Waals surface area contributed by atoms with E-state index in [0.29, 0.717) is 11.5 Å². The summed E-state index contributed by atoms with van der Waals surface area (Å²) < 4.78 is 0. The van der Waals surface area contributed by atoms with Crippen LogP contribution in [0.5, 0.6) is 0 Å². The predicted octanol–water partition coefficient (Wildman–Crippen LogP) is 6.30. The van der Waals surface area contributed by atoms with Gasteiger partial charge in [-0.3, -0.25) is 4.79 Å². The Morgan fingerprint density at radius 3 is 1.90 bits per heavy atom. The smallest absolute Gasteiger partial charge is 0.161 e. The van der Waals surface area contributed by atoms with Crippen LogP contribution in [0.2, 0.25) is 0 Å². The second-order valence-electron chi connectivity index (χ2n) is 5.94. The lowest BCUT2D eigenvalue weighted by Crippen LogP contribution is -2.15. The Bertz CT molecular complexity index is 260. The van der Waals surface area contributed by atoms with Gasteiger partial charge in [-0.25, -0.2) is 0 Å². The topological polar surface area (TPSA) is 17.1 Å². The first-order valence-corrected chi connectivity index (χ1v) is 8.92. The van der Waals surface area contributed by atoms with Crippen LogP contribution in [0, 0.1) is 5.92 Å². The maximum Gasteiger partial charge on any atom is 0.161 e. The molecule has 0 bridgehead atoms. The third-order valence-electron chi connectivity index (χ3n) is 3.91. The van der Waals surface area contributed by atoms with Gasteiger partial charge in [-0.2, -0.15) is 0 Å². The molecule has 0 N–H and O–H groups in total. The molecule has 0 fully saturated rings. The summed E-state index contributed by atoms with van der Waals surface area (Å²) in [5, 5.41) is 0. The number of ketones is 1. The fourth-order valence-corrected chi connectivity index (χ4v) is 2.85. The molecule has 20 heavy (non-hydrogen) atoms. The van der Waals surface area contributed by atoms with Gasteiger partial charge >= 0.3 is 0 Å². The van der Waals surface area contributed by atoms with Crippen molar-refractivity contribution in [1.82, 2.24) is 0 Å². The number of Topliss-reactive ketones (excluding diaryl/α,β-unsaturated/α-hetero) is 1. The Hall–Kier alpha value is -0.300. The summed E-state index contributed by atoms with van der Waals surface area (Å²) in [7, 11) is 0. The molecule has 0 saturated heterocycles. The molecule has 0 saturated carbocycles. The molecule has 0 radical (unpaired) electrons. The van der Waals surface area contributed by atoms with Crippen molar-refractivity contribution in [1.29, 1.82) is 0 Å². The van der Waals surface area contributed by atoms with Crippen LogP contribution in [0.1, 0.15) is 84.5 Å². The molecule has 0 aliphatic carbocycles. The van der Waals surface area contributed by atoms with E-state index in [9.17, 15) is 4.79 Å². The lowest BCUT2D eigenvalue weighted by molar-refractivity contribution is -0.119. The first-order valence-electron chi connectivity index (χ1n) is 8.39. The minimum atomic E-state index is 0.106. The number of halogens is 1. The Balaban J connectivity index is 3.59. The van der Waals surface area contributed by atoms with Crippen molar-refractivity contribution < 1.29 is 4.79 Å². The molecule has 0 aliphatic heterocycles. The van der Waals surface area contributed by atoms with Gasteiger partial charge in [0.1, 0.15) is 0 Å². The van der Waals surface area contributed by atoms with E-state index >= 15 is 0 Å². The van der Waals surface area contributed by atoms with Crippen molar-refractivity contribution in [2.24, 2.45) is 5.92 Å². The Morgan fingerprint density at radius 2 is 1.45 bits per heavy atom. The highest BCUT2D eigenvalue weighted by Crippen LogP contribution is 2.19. The van der Waals surface area contributed by atoms with Crippen molar-refractivity contribution in [2.75, 3.05) is 5.88 Å². The molecular weight excluding hydrogens is 268 g/mol. The van der Waals surface area contributed by atoms with Gasteiger partial charge < -0.3 is 0 Å². The van der Waals surface area contributed by atoms with Gasteiger partial charge in [0.05, 0.1) is 0 Å². The molecule has 2 heteroatoms. The quantitative estimate of drug-likeness (QED) is 0.209. The highest BCUT2D eigenvalue weighted by atomic mass is 35.5. The van der Waals surface area contributed by atoms with Gasteiger partial charge in [-0.15, -0.1) is 11.6 Å². The largest absolute Gasteiger partial charge is 0.294 e. The molecule has 0 heterocycles. The summed E-state index contributed by atoms with van der Waals surface area (Å²) in [5.74, 6) is 0.890. The maximum absolute atomic E-state index is 11.9. The lowest BCUT2D eigenvalue weighted by atomic mass is 9.91. The minimum Gasteiger partial charge on any atom is -0.294 e. The molecule has 0 amide bonds. The fraction of sp³-hybridized carbons (Fsp3) is 0.833. The number of alkyl halides is 1. The maximum atomic E-state index is 11.9. The summed E-state index contributed by atoms with van der Waals surface area (Å²) in [6.45, 7) is 7.82. The van der Waals surface area contributed by atoms with Crippen molar-refractivity contribution in [3.63, 3.8) is 0 Å². The average molecular weight is 301 g/mol. The Kier molecular flexibility index (Phi) is 13.5. The fourth-order valence-electron chi connectivity index (χ4n) is 2.59. The first kappa shape index (κ1) is 19.7. The number of carbonyl (C=O) groups is 1. The monoisotopic (exact) mass is 300 g/mol. The number of rotatable bonds is 14. The van der Waals surface area contributed by atoms with Crippen LogP contribution >= 0.6 is 11.6 Å². The van der Waals surface area contributed by atoms with Crippen molar-refractivity contribution in [3.05, 3.63) is 12.2 Å². The molecule has 0 aromatic rings. The van der Waals surface area contributed by atoms with E-state index in [1.54, 1.807) is 6.92 Å². The molecule has 0 aliphatic rings. The molecule has 1 unspecified atom stereocenters. The average Bonchev–Trinajstić information content (AvgIpc) is 2.43. The summed E-state index contributed by atoms with van der Waals surface area (Å²) in [5.41, 5.74) is 0.677. The normalized spacial score (nSPS) is 12.3. The van der Waals surface area contributed by atoms with Crippen LogP contribution in [-0.2, 0) is 4.79 Å². The van der Waals surface area contributed by atoms with E-state index in [1.807, 2.05) is 0 Å². The number of hydrogen-bond acceptors (Lipinski definition) is 1. The van der Waals surface area contributed by atoms with Crippen LogP contribution in [-0.4, -0.2) is 11.7 Å². The van der Waals surface area contributed by atoms with Crippen LogP contribution in [0.3, 0.4) is 0 Å². The summed E-state index contributed by atoms with van der Waals surface area (Å²) >= 11 is 5.79.